The van der Waals surface area contributed by atoms with Gasteiger partial charge in [-0.25, -0.2) is 9.71 Å². The van der Waals surface area contributed by atoms with E-state index in [1.165, 1.54) is 12.1 Å². The Morgan fingerprint density at radius 2 is 1.94 bits per heavy atom. The number of amides is 1. The van der Waals surface area contributed by atoms with Crippen LogP contribution in [0.2, 0.25) is 0 Å². The van der Waals surface area contributed by atoms with Crippen molar-refractivity contribution in [3.63, 3.8) is 0 Å². The van der Waals surface area contributed by atoms with E-state index >= 15 is 0 Å². The van der Waals surface area contributed by atoms with Gasteiger partial charge in [-0.3, -0.25) is 4.79 Å². The number of rotatable bonds is 8. The molecular formula is C22H29N3O5S. The van der Waals surface area contributed by atoms with Gasteiger partial charge in [0.2, 0.25) is 0 Å². The van der Waals surface area contributed by atoms with E-state index in [0.717, 1.165) is 24.0 Å². The number of aliphatic hydroxyl groups excluding tert-OH is 1. The zero-order valence-corrected chi connectivity index (χ0v) is 18.8. The highest BCUT2D eigenvalue weighted by molar-refractivity contribution is 7.90. The molecule has 1 fully saturated rings. The Morgan fingerprint density at radius 1 is 1.23 bits per heavy atom. The molecule has 0 bridgehead atoms. The van der Waals surface area contributed by atoms with Crippen LogP contribution < -0.4 is 14.8 Å². The normalized spacial score (nSPS) is 16.5. The van der Waals surface area contributed by atoms with Crippen molar-refractivity contribution in [1.82, 2.24) is 9.71 Å². The highest BCUT2D eigenvalue weighted by Gasteiger charge is 2.45. The quantitative estimate of drug-likeness (QED) is 0.569. The molecule has 0 saturated heterocycles. The van der Waals surface area contributed by atoms with Crippen LogP contribution in [0.3, 0.4) is 0 Å². The van der Waals surface area contributed by atoms with Crippen molar-refractivity contribution in [3.05, 3.63) is 47.5 Å². The van der Waals surface area contributed by atoms with Crippen LogP contribution in [-0.2, 0) is 14.8 Å². The number of benzene rings is 1. The Bertz CT molecular complexity index is 1050. The molecule has 0 radical (unpaired) electrons. The van der Waals surface area contributed by atoms with Gasteiger partial charge in [-0.15, -0.1) is 0 Å². The standard InChI is InChI=1S/C22H29N3O5S/c1-15-9-10-16(2)18(13-15)30-22(11-4-5-12-22)21(27)25-31(28,29)20-8-6-7-19(24-20)23-14-17(3)26/h6-10,13,17,26H,4-5,11-12,14H2,1-3H3,(H,23,24)(H,25,27). The van der Waals surface area contributed by atoms with Gasteiger partial charge in [-0.2, -0.15) is 8.42 Å². The van der Waals surface area contributed by atoms with Crippen molar-refractivity contribution in [3.8, 4) is 5.75 Å². The third kappa shape index (κ3) is 5.54. The van der Waals surface area contributed by atoms with Gasteiger partial charge in [0.25, 0.3) is 15.9 Å². The van der Waals surface area contributed by atoms with Crippen LogP contribution in [-0.4, -0.2) is 42.7 Å². The number of aryl methyl sites for hydroxylation is 2. The fourth-order valence-electron chi connectivity index (χ4n) is 3.53. The molecule has 2 aromatic rings. The number of sulfonamides is 1. The monoisotopic (exact) mass is 447 g/mol. The molecule has 8 nitrogen and oxygen atoms in total. The molecule has 3 rings (SSSR count). The molecule has 1 aliphatic rings. The number of nitrogens with one attached hydrogen (secondary N) is 2. The second-order valence-corrected chi connectivity index (χ2v) is 9.73. The molecule has 31 heavy (non-hydrogen) atoms. The summed E-state index contributed by atoms with van der Waals surface area (Å²) in [7, 11) is -4.20. The van der Waals surface area contributed by atoms with Crippen molar-refractivity contribution >= 4 is 21.7 Å². The zero-order valence-electron chi connectivity index (χ0n) is 18.0. The zero-order chi connectivity index (χ0) is 22.6. The van der Waals surface area contributed by atoms with E-state index in [9.17, 15) is 18.3 Å². The fraction of sp³-hybridized carbons (Fsp3) is 0.455. The number of nitrogens with zero attached hydrogens (tertiary/aromatic N) is 1. The molecule has 168 valence electrons. The molecule has 3 N–H and O–H groups in total. The molecule has 1 aromatic heterocycles. The molecule has 1 aliphatic carbocycles. The number of aromatic nitrogens is 1. The average molecular weight is 448 g/mol. The Hall–Kier alpha value is -2.65. The highest BCUT2D eigenvalue weighted by Crippen LogP contribution is 2.36. The van der Waals surface area contributed by atoms with Crippen LogP contribution in [0.25, 0.3) is 0 Å². The maximum atomic E-state index is 13.2. The van der Waals surface area contributed by atoms with Gasteiger partial charge in [0.05, 0.1) is 6.10 Å². The summed E-state index contributed by atoms with van der Waals surface area (Å²) in [5.41, 5.74) is 0.631. The second-order valence-electron chi connectivity index (χ2n) is 8.10. The summed E-state index contributed by atoms with van der Waals surface area (Å²) in [6, 6.07) is 10.2. The fourth-order valence-corrected chi connectivity index (χ4v) is 4.54. The summed E-state index contributed by atoms with van der Waals surface area (Å²) in [6.45, 7) is 5.64. The number of aliphatic hydroxyl groups is 1. The lowest BCUT2D eigenvalue weighted by molar-refractivity contribution is -0.134. The minimum Gasteiger partial charge on any atom is -0.477 e. The number of hydrogen-bond donors (Lipinski definition) is 3. The average Bonchev–Trinajstić information content (AvgIpc) is 3.19. The molecule has 1 atom stereocenters. The molecule has 1 aromatic carbocycles. The Balaban J connectivity index is 1.82. The highest BCUT2D eigenvalue weighted by atomic mass is 32.2. The molecule has 0 aliphatic heterocycles. The maximum absolute atomic E-state index is 13.2. The smallest absolute Gasteiger partial charge is 0.281 e. The number of ether oxygens (including phenoxy) is 1. The number of pyridine rings is 1. The Kier molecular flexibility index (Phi) is 6.86. The van der Waals surface area contributed by atoms with E-state index in [4.69, 9.17) is 4.74 Å². The topological polar surface area (TPSA) is 118 Å². The summed E-state index contributed by atoms with van der Waals surface area (Å²) in [5, 5.41) is 12.0. The van der Waals surface area contributed by atoms with E-state index < -0.39 is 27.6 Å². The van der Waals surface area contributed by atoms with Gasteiger partial charge in [0.1, 0.15) is 11.6 Å². The van der Waals surface area contributed by atoms with Crippen LogP contribution in [0.5, 0.6) is 5.75 Å². The number of carbonyl (C=O) groups excluding carboxylic acids is 1. The van der Waals surface area contributed by atoms with Crippen molar-refractivity contribution < 1.29 is 23.1 Å². The van der Waals surface area contributed by atoms with Gasteiger partial charge >= 0.3 is 0 Å². The molecular weight excluding hydrogens is 418 g/mol. The van der Waals surface area contributed by atoms with E-state index in [1.807, 2.05) is 32.0 Å². The van der Waals surface area contributed by atoms with E-state index in [2.05, 4.69) is 15.0 Å². The SMILES string of the molecule is Cc1ccc(C)c(OC2(C(=O)NS(=O)(=O)c3cccc(NCC(C)O)n3)CCCC2)c1. The van der Waals surface area contributed by atoms with Crippen molar-refractivity contribution in [2.24, 2.45) is 0 Å². The van der Waals surface area contributed by atoms with Crippen LogP contribution in [0, 0.1) is 13.8 Å². The van der Waals surface area contributed by atoms with Gasteiger partial charge in [0.15, 0.2) is 10.6 Å². The molecule has 1 saturated carbocycles. The molecule has 1 amide bonds. The number of anilines is 1. The summed E-state index contributed by atoms with van der Waals surface area (Å²) in [5.74, 6) is 0.186. The van der Waals surface area contributed by atoms with Crippen molar-refractivity contribution in [2.75, 3.05) is 11.9 Å². The van der Waals surface area contributed by atoms with Crippen LogP contribution in [0.15, 0.2) is 41.4 Å². The summed E-state index contributed by atoms with van der Waals surface area (Å²) < 4.78 is 34.1. The lowest BCUT2D eigenvalue weighted by Gasteiger charge is -2.29. The van der Waals surface area contributed by atoms with Crippen molar-refractivity contribution in [2.45, 2.75) is 63.2 Å². The first-order chi connectivity index (χ1) is 14.6. The van der Waals surface area contributed by atoms with Gasteiger partial charge in [-0.1, -0.05) is 18.2 Å². The molecule has 1 heterocycles. The van der Waals surface area contributed by atoms with Crippen LogP contribution in [0.4, 0.5) is 5.82 Å². The predicted molar refractivity (Wildman–Crippen MR) is 117 cm³/mol. The molecule has 0 spiro atoms. The number of carbonyl (C=O) groups is 1. The lowest BCUT2D eigenvalue weighted by Crippen LogP contribution is -2.51. The predicted octanol–water partition coefficient (Wildman–Crippen LogP) is 2.69. The van der Waals surface area contributed by atoms with Crippen LogP contribution >= 0.6 is 0 Å². The first-order valence-electron chi connectivity index (χ1n) is 10.3. The second kappa shape index (κ2) is 9.23. The van der Waals surface area contributed by atoms with E-state index in [0.29, 0.717) is 24.4 Å². The van der Waals surface area contributed by atoms with Gasteiger partial charge < -0.3 is 15.2 Å². The van der Waals surface area contributed by atoms with Gasteiger partial charge in [0, 0.05) is 6.54 Å². The van der Waals surface area contributed by atoms with E-state index in [1.54, 1.807) is 13.0 Å². The maximum Gasteiger partial charge on any atom is 0.281 e. The summed E-state index contributed by atoms with van der Waals surface area (Å²) in [4.78, 5) is 17.2. The minimum atomic E-state index is -4.20. The largest absolute Gasteiger partial charge is 0.477 e. The third-order valence-electron chi connectivity index (χ3n) is 5.28. The van der Waals surface area contributed by atoms with Crippen molar-refractivity contribution in [1.29, 1.82) is 0 Å². The van der Waals surface area contributed by atoms with Crippen LogP contribution in [0.1, 0.15) is 43.7 Å². The first-order valence-corrected chi connectivity index (χ1v) is 11.8. The lowest BCUT2D eigenvalue weighted by atomic mass is 10.0. The third-order valence-corrected chi connectivity index (χ3v) is 6.51. The summed E-state index contributed by atoms with van der Waals surface area (Å²) >= 11 is 0. The Morgan fingerprint density at radius 3 is 2.61 bits per heavy atom. The Labute approximate surface area is 183 Å². The van der Waals surface area contributed by atoms with Gasteiger partial charge in [-0.05, 0) is 75.8 Å². The molecule has 9 heteroatoms. The summed E-state index contributed by atoms with van der Waals surface area (Å²) in [6.07, 6.45) is 1.80. The first kappa shape index (κ1) is 23.0. The van der Waals surface area contributed by atoms with E-state index in [-0.39, 0.29) is 11.6 Å². The molecule has 1 unspecified atom stereocenters. The number of hydrogen-bond acceptors (Lipinski definition) is 7. The minimum absolute atomic E-state index is 0.218.